The molecule has 0 saturated carbocycles. The van der Waals surface area contributed by atoms with Crippen LogP contribution < -0.4 is 5.32 Å². The molecule has 4 nitrogen and oxygen atoms in total. The molecular weight excluding hydrogens is 204 g/mol. The average molecular weight is 226 g/mol. The van der Waals surface area contributed by atoms with Crippen LogP contribution in [0.25, 0.3) is 0 Å². The Morgan fingerprint density at radius 1 is 1.38 bits per heavy atom. The number of ether oxygens (including phenoxy) is 1. The fourth-order valence-corrected chi connectivity index (χ4v) is 2.52. The number of nitrogens with one attached hydrogen (secondary N) is 1. The second-order valence-corrected chi connectivity index (χ2v) is 4.91. The number of carbonyl (C=O) groups is 1. The van der Waals surface area contributed by atoms with E-state index in [1.54, 1.807) is 0 Å². The standard InChI is InChI=1S/C12H22N2O2/c1-14(11-2-5-13-9-11)12(15)8-10-3-6-16-7-4-10/h10-11,13H,2-9H2,1H3. The number of likely N-dealkylation sites (N-methyl/N-ethyl adjacent to an activating group) is 1. The molecule has 2 saturated heterocycles. The summed E-state index contributed by atoms with van der Waals surface area (Å²) in [6.07, 6.45) is 3.89. The van der Waals surface area contributed by atoms with Crippen molar-refractivity contribution in [3.8, 4) is 0 Å². The van der Waals surface area contributed by atoms with Crippen LogP contribution in [0.2, 0.25) is 0 Å². The quantitative estimate of drug-likeness (QED) is 0.767. The molecule has 2 rings (SSSR count). The zero-order chi connectivity index (χ0) is 11.4. The van der Waals surface area contributed by atoms with E-state index in [1.165, 1.54) is 0 Å². The Morgan fingerprint density at radius 2 is 2.12 bits per heavy atom. The van der Waals surface area contributed by atoms with Gasteiger partial charge in [0.15, 0.2) is 0 Å². The molecule has 2 heterocycles. The first kappa shape index (κ1) is 11.9. The van der Waals surface area contributed by atoms with Crippen LogP contribution in [0.4, 0.5) is 0 Å². The third kappa shape index (κ3) is 2.95. The molecule has 92 valence electrons. The van der Waals surface area contributed by atoms with E-state index >= 15 is 0 Å². The van der Waals surface area contributed by atoms with E-state index in [0.717, 1.165) is 45.6 Å². The van der Waals surface area contributed by atoms with Crippen molar-refractivity contribution in [2.45, 2.75) is 31.7 Å². The minimum absolute atomic E-state index is 0.306. The van der Waals surface area contributed by atoms with Crippen molar-refractivity contribution in [2.24, 2.45) is 5.92 Å². The van der Waals surface area contributed by atoms with E-state index < -0.39 is 0 Å². The van der Waals surface area contributed by atoms with Crippen LogP contribution in [0.15, 0.2) is 0 Å². The highest BCUT2D eigenvalue weighted by molar-refractivity contribution is 5.76. The molecule has 2 aliphatic heterocycles. The third-order valence-corrected chi connectivity index (χ3v) is 3.78. The molecule has 0 aliphatic carbocycles. The van der Waals surface area contributed by atoms with Gasteiger partial charge in [-0.05, 0) is 31.7 Å². The van der Waals surface area contributed by atoms with Gasteiger partial charge in [-0.1, -0.05) is 0 Å². The Bertz CT molecular complexity index is 233. The minimum Gasteiger partial charge on any atom is -0.381 e. The van der Waals surface area contributed by atoms with Gasteiger partial charge in [0.05, 0.1) is 0 Å². The summed E-state index contributed by atoms with van der Waals surface area (Å²) in [5.74, 6) is 0.846. The maximum absolute atomic E-state index is 12.1. The molecule has 0 bridgehead atoms. The summed E-state index contributed by atoms with van der Waals surface area (Å²) in [6, 6.07) is 0.410. The largest absolute Gasteiger partial charge is 0.381 e. The molecule has 1 atom stereocenters. The van der Waals surface area contributed by atoms with Gasteiger partial charge >= 0.3 is 0 Å². The highest BCUT2D eigenvalue weighted by Crippen LogP contribution is 2.20. The molecule has 2 aliphatic rings. The van der Waals surface area contributed by atoms with Crippen molar-refractivity contribution >= 4 is 5.91 Å². The minimum atomic E-state index is 0.306. The van der Waals surface area contributed by atoms with Gasteiger partial charge < -0.3 is 15.0 Å². The van der Waals surface area contributed by atoms with Crippen LogP contribution in [0.5, 0.6) is 0 Å². The van der Waals surface area contributed by atoms with Crippen LogP contribution in [-0.4, -0.2) is 50.2 Å². The van der Waals surface area contributed by atoms with Crippen molar-refractivity contribution in [2.75, 3.05) is 33.4 Å². The topological polar surface area (TPSA) is 41.6 Å². The lowest BCUT2D eigenvalue weighted by molar-refractivity contribution is -0.133. The smallest absolute Gasteiger partial charge is 0.222 e. The van der Waals surface area contributed by atoms with Gasteiger partial charge in [0.2, 0.25) is 5.91 Å². The normalized spacial score (nSPS) is 26.9. The molecule has 0 aromatic rings. The number of rotatable bonds is 3. The van der Waals surface area contributed by atoms with Crippen LogP contribution >= 0.6 is 0 Å². The molecule has 4 heteroatoms. The SMILES string of the molecule is CN(C(=O)CC1CCOCC1)C1CCNC1. The lowest BCUT2D eigenvalue weighted by Gasteiger charge is -2.27. The first-order valence-corrected chi connectivity index (χ1v) is 6.31. The Hall–Kier alpha value is -0.610. The first-order chi connectivity index (χ1) is 7.77. The van der Waals surface area contributed by atoms with Crippen molar-refractivity contribution in [3.05, 3.63) is 0 Å². The second kappa shape index (κ2) is 5.64. The molecule has 0 radical (unpaired) electrons. The van der Waals surface area contributed by atoms with Crippen molar-refractivity contribution in [1.82, 2.24) is 10.2 Å². The maximum atomic E-state index is 12.1. The Kier molecular flexibility index (Phi) is 4.18. The lowest BCUT2D eigenvalue weighted by atomic mass is 9.96. The average Bonchev–Trinajstić information content (AvgIpc) is 2.83. The molecule has 1 unspecified atom stereocenters. The van der Waals surface area contributed by atoms with Crippen LogP contribution in [-0.2, 0) is 9.53 Å². The van der Waals surface area contributed by atoms with Crippen molar-refractivity contribution < 1.29 is 9.53 Å². The van der Waals surface area contributed by atoms with Gasteiger partial charge in [0.1, 0.15) is 0 Å². The van der Waals surface area contributed by atoms with Crippen molar-refractivity contribution in [3.63, 3.8) is 0 Å². The van der Waals surface area contributed by atoms with Gasteiger partial charge in [-0.25, -0.2) is 0 Å². The van der Waals surface area contributed by atoms with E-state index in [4.69, 9.17) is 4.74 Å². The Balaban J connectivity index is 1.77. The predicted molar refractivity (Wildman–Crippen MR) is 62.2 cm³/mol. The second-order valence-electron chi connectivity index (χ2n) is 4.91. The summed E-state index contributed by atoms with van der Waals surface area (Å²) >= 11 is 0. The third-order valence-electron chi connectivity index (χ3n) is 3.78. The predicted octanol–water partition coefficient (Wildman–Crippen LogP) is 0.623. The molecule has 0 aromatic carbocycles. The molecule has 1 amide bonds. The summed E-state index contributed by atoms with van der Waals surface area (Å²) in [5.41, 5.74) is 0. The van der Waals surface area contributed by atoms with Gasteiger partial charge in [0.25, 0.3) is 0 Å². The van der Waals surface area contributed by atoms with Gasteiger partial charge in [-0.2, -0.15) is 0 Å². The summed E-state index contributed by atoms with van der Waals surface area (Å²) in [4.78, 5) is 14.0. The number of nitrogens with zero attached hydrogens (tertiary/aromatic N) is 1. The monoisotopic (exact) mass is 226 g/mol. The van der Waals surface area contributed by atoms with E-state index in [9.17, 15) is 4.79 Å². The van der Waals surface area contributed by atoms with Crippen LogP contribution in [0.3, 0.4) is 0 Å². The summed E-state index contributed by atoms with van der Waals surface area (Å²) in [6.45, 7) is 3.65. The van der Waals surface area contributed by atoms with E-state index in [2.05, 4.69) is 5.32 Å². The first-order valence-electron chi connectivity index (χ1n) is 6.31. The van der Waals surface area contributed by atoms with E-state index in [0.29, 0.717) is 24.3 Å². The highest BCUT2D eigenvalue weighted by atomic mass is 16.5. The zero-order valence-electron chi connectivity index (χ0n) is 10.1. The maximum Gasteiger partial charge on any atom is 0.222 e. The molecule has 1 N–H and O–H groups in total. The van der Waals surface area contributed by atoms with Gasteiger partial charge in [-0.15, -0.1) is 0 Å². The fourth-order valence-electron chi connectivity index (χ4n) is 2.52. The van der Waals surface area contributed by atoms with Crippen LogP contribution in [0.1, 0.15) is 25.7 Å². The molecule has 16 heavy (non-hydrogen) atoms. The summed E-state index contributed by atoms with van der Waals surface area (Å²) in [5, 5.41) is 3.30. The van der Waals surface area contributed by atoms with Crippen molar-refractivity contribution in [1.29, 1.82) is 0 Å². The molecule has 2 fully saturated rings. The number of hydrogen-bond acceptors (Lipinski definition) is 3. The highest BCUT2D eigenvalue weighted by Gasteiger charge is 2.25. The van der Waals surface area contributed by atoms with Gasteiger partial charge in [0, 0.05) is 39.3 Å². The fraction of sp³-hybridized carbons (Fsp3) is 0.917. The van der Waals surface area contributed by atoms with E-state index in [-0.39, 0.29) is 0 Å². The number of amides is 1. The summed E-state index contributed by atoms with van der Waals surface area (Å²) < 4.78 is 5.31. The zero-order valence-corrected chi connectivity index (χ0v) is 10.1. The molecular formula is C12H22N2O2. The van der Waals surface area contributed by atoms with Crippen LogP contribution in [0, 0.1) is 5.92 Å². The van der Waals surface area contributed by atoms with Gasteiger partial charge in [-0.3, -0.25) is 4.79 Å². The summed E-state index contributed by atoms with van der Waals surface area (Å²) in [7, 11) is 1.94. The number of carbonyl (C=O) groups excluding carboxylic acids is 1. The molecule has 0 spiro atoms. The van der Waals surface area contributed by atoms with E-state index in [1.807, 2.05) is 11.9 Å². The Morgan fingerprint density at radius 3 is 2.75 bits per heavy atom. The lowest BCUT2D eigenvalue weighted by Crippen LogP contribution is -2.39. The Labute approximate surface area is 97.3 Å². The molecule has 0 aromatic heterocycles. The number of hydrogen-bond donors (Lipinski definition) is 1.